The molecule has 0 aliphatic heterocycles. The van der Waals surface area contributed by atoms with Gasteiger partial charge in [0.1, 0.15) is 5.76 Å². The van der Waals surface area contributed by atoms with Crippen LogP contribution in [0.25, 0.3) is 0 Å². The van der Waals surface area contributed by atoms with E-state index >= 15 is 0 Å². The van der Waals surface area contributed by atoms with Crippen LogP contribution in [0.4, 0.5) is 0 Å². The molecule has 4 heteroatoms. The van der Waals surface area contributed by atoms with Gasteiger partial charge >= 0.3 is 0 Å². The van der Waals surface area contributed by atoms with Crippen molar-refractivity contribution < 1.29 is 9.52 Å². The van der Waals surface area contributed by atoms with E-state index in [4.69, 9.17) is 15.3 Å². The number of nitrogens with zero attached hydrogens (tertiary/aromatic N) is 1. The van der Waals surface area contributed by atoms with Crippen LogP contribution < -0.4 is 5.73 Å². The molecule has 1 heterocycles. The van der Waals surface area contributed by atoms with Crippen molar-refractivity contribution in [2.45, 2.75) is 25.8 Å². The molecule has 0 aromatic carbocycles. The minimum Gasteiger partial charge on any atom is -0.468 e. The highest BCUT2D eigenvalue weighted by Crippen LogP contribution is 2.20. The van der Waals surface area contributed by atoms with Gasteiger partial charge in [-0.15, -0.1) is 0 Å². The lowest BCUT2D eigenvalue weighted by atomic mass is 10.1. The summed E-state index contributed by atoms with van der Waals surface area (Å²) in [7, 11) is 0. The van der Waals surface area contributed by atoms with Gasteiger partial charge in [0.15, 0.2) is 0 Å². The fourth-order valence-electron chi connectivity index (χ4n) is 1.84. The average molecular weight is 226 g/mol. The standard InChI is InChI=1S/C12H22N2O2/c1-2-3-6-14(7-8-15)11(10-13)12-5-4-9-16-12/h4-5,9,11,15H,2-3,6-8,10,13H2,1H3. The Kier molecular flexibility index (Phi) is 6.15. The molecule has 92 valence electrons. The molecule has 3 N–H and O–H groups in total. The first-order chi connectivity index (χ1) is 7.83. The number of hydrogen-bond donors (Lipinski definition) is 2. The third-order valence-electron chi connectivity index (χ3n) is 2.72. The van der Waals surface area contributed by atoms with Gasteiger partial charge in [-0.05, 0) is 25.1 Å². The van der Waals surface area contributed by atoms with E-state index in [9.17, 15) is 0 Å². The van der Waals surface area contributed by atoms with E-state index in [-0.39, 0.29) is 12.6 Å². The van der Waals surface area contributed by atoms with E-state index in [0.717, 1.165) is 25.1 Å². The Balaban J connectivity index is 2.65. The molecule has 1 rings (SSSR count). The number of nitrogens with two attached hydrogens (primary N) is 1. The molecule has 0 amide bonds. The number of unbranched alkanes of at least 4 members (excludes halogenated alkanes) is 1. The molecule has 0 saturated heterocycles. The molecule has 1 unspecified atom stereocenters. The van der Waals surface area contributed by atoms with E-state index in [0.29, 0.717) is 13.1 Å². The topological polar surface area (TPSA) is 62.6 Å². The van der Waals surface area contributed by atoms with Gasteiger partial charge < -0.3 is 15.3 Å². The highest BCUT2D eigenvalue weighted by atomic mass is 16.3. The SMILES string of the molecule is CCCCN(CCO)C(CN)c1ccco1. The molecule has 0 radical (unpaired) electrons. The van der Waals surface area contributed by atoms with Crippen LogP contribution >= 0.6 is 0 Å². The maximum Gasteiger partial charge on any atom is 0.122 e. The Morgan fingerprint density at radius 3 is 2.81 bits per heavy atom. The van der Waals surface area contributed by atoms with Crippen molar-refractivity contribution in [3.05, 3.63) is 24.2 Å². The molecule has 0 aliphatic carbocycles. The van der Waals surface area contributed by atoms with Gasteiger partial charge in [0, 0.05) is 13.1 Å². The van der Waals surface area contributed by atoms with E-state index in [1.54, 1.807) is 6.26 Å². The fourth-order valence-corrected chi connectivity index (χ4v) is 1.84. The van der Waals surface area contributed by atoms with E-state index < -0.39 is 0 Å². The quantitative estimate of drug-likeness (QED) is 0.703. The molecule has 0 spiro atoms. The van der Waals surface area contributed by atoms with Crippen LogP contribution in [0.15, 0.2) is 22.8 Å². The van der Waals surface area contributed by atoms with Crippen molar-refractivity contribution in [1.29, 1.82) is 0 Å². The van der Waals surface area contributed by atoms with Crippen molar-refractivity contribution in [3.63, 3.8) is 0 Å². The van der Waals surface area contributed by atoms with E-state index in [1.807, 2.05) is 12.1 Å². The number of aliphatic hydroxyl groups is 1. The Hall–Kier alpha value is -0.840. The van der Waals surface area contributed by atoms with Crippen LogP contribution in [-0.2, 0) is 0 Å². The molecule has 0 aliphatic rings. The van der Waals surface area contributed by atoms with E-state index in [1.165, 1.54) is 0 Å². The first-order valence-electron chi connectivity index (χ1n) is 5.91. The summed E-state index contributed by atoms with van der Waals surface area (Å²) in [5.74, 6) is 0.882. The zero-order valence-electron chi connectivity index (χ0n) is 9.93. The van der Waals surface area contributed by atoms with Crippen molar-refractivity contribution in [2.24, 2.45) is 5.73 Å². The van der Waals surface area contributed by atoms with Gasteiger partial charge in [-0.1, -0.05) is 13.3 Å². The molecule has 4 nitrogen and oxygen atoms in total. The maximum absolute atomic E-state index is 9.06. The lowest BCUT2D eigenvalue weighted by molar-refractivity contribution is 0.138. The summed E-state index contributed by atoms with van der Waals surface area (Å²) in [5, 5.41) is 9.06. The molecule has 0 saturated carbocycles. The van der Waals surface area contributed by atoms with Crippen molar-refractivity contribution in [2.75, 3.05) is 26.2 Å². The van der Waals surface area contributed by atoms with Gasteiger partial charge in [-0.2, -0.15) is 0 Å². The van der Waals surface area contributed by atoms with Crippen LogP contribution in [0.2, 0.25) is 0 Å². The zero-order chi connectivity index (χ0) is 11.8. The lowest BCUT2D eigenvalue weighted by Crippen LogP contribution is -2.36. The van der Waals surface area contributed by atoms with Gasteiger partial charge in [0.2, 0.25) is 0 Å². The van der Waals surface area contributed by atoms with Crippen molar-refractivity contribution in [3.8, 4) is 0 Å². The third-order valence-corrected chi connectivity index (χ3v) is 2.72. The van der Waals surface area contributed by atoms with Crippen LogP contribution in [0.5, 0.6) is 0 Å². The number of aliphatic hydroxyl groups excluding tert-OH is 1. The van der Waals surface area contributed by atoms with Gasteiger partial charge in [0.25, 0.3) is 0 Å². The Bertz CT molecular complexity index is 262. The summed E-state index contributed by atoms with van der Waals surface area (Å²) in [6.45, 7) is 4.40. The lowest BCUT2D eigenvalue weighted by Gasteiger charge is -2.28. The number of hydrogen-bond acceptors (Lipinski definition) is 4. The Labute approximate surface area is 97.0 Å². The third kappa shape index (κ3) is 3.63. The summed E-state index contributed by atoms with van der Waals surface area (Å²) in [4.78, 5) is 2.18. The van der Waals surface area contributed by atoms with Crippen LogP contribution in [0.3, 0.4) is 0 Å². The molecular formula is C12H22N2O2. The molecule has 0 fully saturated rings. The van der Waals surface area contributed by atoms with Crippen molar-refractivity contribution in [1.82, 2.24) is 4.90 Å². The van der Waals surface area contributed by atoms with Crippen molar-refractivity contribution >= 4 is 0 Å². The molecule has 0 bridgehead atoms. The second-order valence-corrected chi connectivity index (χ2v) is 3.88. The highest BCUT2D eigenvalue weighted by Gasteiger charge is 2.20. The second kappa shape index (κ2) is 7.44. The predicted octanol–water partition coefficient (Wildman–Crippen LogP) is 1.37. The molecule has 1 aromatic heterocycles. The van der Waals surface area contributed by atoms with Gasteiger partial charge in [-0.25, -0.2) is 0 Å². The van der Waals surface area contributed by atoms with Gasteiger partial charge in [-0.3, -0.25) is 4.90 Å². The summed E-state index contributed by atoms with van der Waals surface area (Å²) in [6, 6.07) is 3.89. The summed E-state index contributed by atoms with van der Waals surface area (Å²) >= 11 is 0. The smallest absolute Gasteiger partial charge is 0.122 e. The van der Waals surface area contributed by atoms with Crippen LogP contribution in [-0.4, -0.2) is 36.2 Å². The Morgan fingerprint density at radius 2 is 2.31 bits per heavy atom. The average Bonchev–Trinajstić information content (AvgIpc) is 2.80. The number of rotatable bonds is 8. The molecule has 1 atom stereocenters. The molecule has 1 aromatic rings. The van der Waals surface area contributed by atoms with Gasteiger partial charge in [0.05, 0.1) is 18.9 Å². The molecule has 16 heavy (non-hydrogen) atoms. The summed E-state index contributed by atoms with van der Waals surface area (Å²) in [6.07, 6.45) is 3.91. The Morgan fingerprint density at radius 1 is 1.50 bits per heavy atom. The summed E-state index contributed by atoms with van der Waals surface area (Å²) < 4.78 is 5.39. The van der Waals surface area contributed by atoms with E-state index in [2.05, 4.69) is 11.8 Å². The highest BCUT2D eigenvalue weighted by molar-refractivity contribution is 5.05. The monoisotopic (exact) mass is 226 g/mol. The minimum absolute atomic E-state index is 0.0775. The second-order valence-electron chi connectivity index (χ2n) is 3.88. The minimum atomic E-state index is 0.0775. The maximum atomic E-state index is 9.06. The zero-order valence-corrected chi connectivity index (χ0v) is 9.93. The predicted molar refractivity (Wildman–Crippen MR) is 64.1 cm³/mol. The first-order valence-corrected chi connectivity index (χ1v) is 5.91. The number of furan rings is 1. The molecular weight excluding hydrogens is 204 g/mol. The largest absolute Gasteiger partial charge is 0.468 e. The van der Waals surface area contributed by atoms with Crippen LogP contribution in [0.1, 0.15) is 31.6 Å². The van der Waals surface area contributed by atoms with Crippen LogP contribution in [0, 0.1) is 0 Å². The first kappa shape index (κ1) is 13.2. The summed E-state index contributed by atoms with van der Waals surface area (Å²) in [5.41, 5.74) is 5.78. The fraction of sp³-hybridized carbons (Fsp3) is 0.667. The normalized spacial score (nSPS) is 13.2.